The second kappa shape index (κ2) is 17.8. The fourth-order valence-corrected chi connectivity index (χ4v) is 7.22. The van der Waals surface area contributed by atoms with Crippen LogP contribution in [0, 0.1) is 5.92 Å². The van der Waals surface area contributed by atoms with Crippen LogP contribution in [0.2, 0.25) is 10.0 Å². The number of thiophene rings is 1. The van der Waals surface area contributed by atoms with Gasteiger partial charge in [-0.3, -0.25) is 5.32 Å². The van der Waals surface area contributed by atoms with Gasteiger partial charge in [0.25, 0.3) is 0 Å². The monoisotopic (exact) mass is 726 g/mol. The molecule has 1 saturated heterocycles. The minimum Gasteiger partial charge on any atom is -0.493 e. The first-order chi connectivity index (χ1) is 23.8. The van der Waals surface area contributed by atoms with Crippen LogP contribution >= 0.6 is 34.5 Å². The quantitative estimate of drug-likeness (QED) is 0.129. The number of ether oxygens (including phenoxy) is 4. The molecule has 9 nitrogen and oxygen atoms in total. The molecule has 0 amide bonds. The molecule has 4 aromatic rings. The first-order valence-corrected chi connectivity index (χ1v) is 17.9. The Hall–Kier alpha value is -3.67. The normalized spacial score (nSPS) is 15.0. The maximum atomic E-state index is 13.6. The number of H-pyrrole nitrogens is 1. The van der Waals surface area contributed by atoms with Crippen LogP contribution in [-0.4, -0.2) is 57.3 Å². The number of nitrogens with zero attached hydrogens (tertiary/aromatic N) is 1. The average Bonchev–Trinajstić information content (AvgIpc) is 3.61. The van der Waals surface area contributed by atoms with E-state index in [9.17, 15) is 9.59 Å². The largest absolute Gasteiger partial charge is 0.493 e. The Morgan fingerprint density at radius 3 is 2.35 bits per heavy atom. The summed E-state index contributed by atoms with van der Waals surface area (Å²) in [6.45, 7) is 6.04. The van der Waals surface area contributed by atoms with Crippen molar-refractivity contribution in [3.05, 3.63) is 110 Å². The van der Waals surface area contributed by atoms with Crippen molar-refractivity contribution in [1.82, 2.24) is 10.2 Å². The minimum absolute atomic E-state index is 0.228. The Morgan fingerprint density at radius 2 is 1.67 bits per heavy atom. The molecule has 1 unspecified atom stereocenters. The molecule has 0 bridgehead atoms. The van der Waals surface area contributed by atoms with Crippen LogP contribution in [0.25, 0.3) is 0 Å². The molecule has 49 heavy (non-hydrogen) atoms. The summed E-state index contributed by atoms with van der Waals surface area (Å²) in [6, 6.07) is 17.8. The predicted octanol–water partition coefficient (Wildman–Crippen LogP) is 7.13. The predicted molar refractivity (Wildman–Crippen MR) is 191 cm³/mol. The molecule has 1 aliphatic heterocycles. The van der Waals surface area contributed by atoms with Gasteiger partial charge in [-0.1, -0.05) is 66.5 Å². The van der Waals surface area contributed by atoms with E-state index in [0.717, 1.165) is 42.9 Å². The van der Waals surface area contributed by atoms with Gasteiger partial charge in [-0.25, -0.2) is 14.6 Å². The highest BCUT2D eigenvalue weighted by Crippen LogP contribution is 2.36. The Labute approximate surface area is 301 Å². The number of carbonyl (C=O) groups excluding carboxylic acids is 2. The van der Waals surface area contributed by atoms with E-state index in [1.54, 1.807) is 44.8 Å². The van der Waals surface area contributed by atoms with Crippen molar-refractivity contribution < 1.29 is 33.5 Å². The number of esters is 2. The zero-order chi connectivity index (χ0) is 34.8. The summed E-state index contributed by atoms with van der Waals surface area (Å²) in [4.78, 5) is 33.6. The average molecular weight is 728 g/mol. The first kappa shape index (κ1) is 36.6. The van der Waals surface area contributed by atoms with Gasteiger partial charge >= 0.3 is 11.9 Å². The van der Waals surface area contributed by atoms with Gasteiger partial charge in [-0.15, -0.1) is 11.3 Å². The molecule has 2 N–H and O–H groups in total. The minimum atomic E-state index is -0.736. The van der Waals surface area contributed by atoms with Crippen LogP contribution in [0.3, 0.4) is 0 Å². The molecule has 12 heteroatoms. The number of benzene rings is 2. The van der Waals surface area contributed by atoms with Crippen molar-refractivity contribution in [1.29, 1.82) is 0 Å². The van der Waals surface area contributed by atoms with Crippen molar-refractivity contribution in [2.24, 2.45) is 5.92 Å². The van der Waals surface area contributed by atoms with E-state index in [0.29, 0.717) is 56.6 Å². The Balaban J connectivity index is 1.27. The van der Waals surface area contributed by atoms with Crippen molar-refractivity contribution in [2.75, 3.05) is 40.5 Å². The number of nitrogens with one attached hydrogen (secondary N) is 2. The molecule has 1 fully saturated rings. The summed E-state index contributed by atoms with van der Waals surface area (Å²) in [6.07, 6.45) is 4.79. The molecule has 5 rings (SSSR count). The van der Waals surface area contributed by atoms with E-state index in [4.69, 9.17) is 42.1 Å². The van der Waals surface area contributed by atoms with E-state index in [-0.39, 0.29) is 12.4 Å². The SMILES string of the molecule is CCN1CCC(COC(=O)C(NCc2ccc(C(=O)O[C@@H](Cc3c(Cl)c[nH+]cc3Cl)c3ccc(OC)c(OC)c3)s2)c2ccccc2)CC1. The number of pyridine rings is 1. The van der Waals surface area contributed by atoms with E-state index in [1.165, 1.54) is 11.3 Å². The van der Waals surface area contributed by atoms with E-state index in [1.807, 2.05) is 42.5 Å². The number of rotatable bonds is 15. The lowest BCUT2D eigenvalue weighted by molar-refractivity contribution is -0.377. The summed E-state index contributed by atoms with van der Waals surface area (Å²) >= 11 is 14.3. The van der Waals surface area contributed by atoms with Crippen LogP contribution in [0.4, 0.5) is 0 Å². The summed E-state index contributed by atoms with van der Waals surface area (Å²) in [7, 11) is 3.10. The molecule has 0 saturated carbocycles. The van der Waals surface area contributed by atoms with Crippen LogP contribution < -0.4 is 19.8 Å². The standard InChI is InChI=1S/C37H41Cl2N3O6S/c1-4-42-16-14-24(15-17-42)23-47-37(44)35(25-8-6-5-7-9-25)41-20-27-11-13-34(49-27)36(43)48-32(19-28-29(38)21-40-22-30(28)39)26-10-12-31(45-2)33(18-26)46-3/h5-13,18,21-22,24,32,35,41H,4,14-17,19-20,23H2,1-3H3/p+1/t32-,35?/m0/s1. The molecular weight excluding hydrogens is 685 g/mol. The molecule has 2 aromatic heterocycles. The Bertz CT molecular complexity index is 1680. The summed E-state index contributed by atoms with van der Waals surface area (Å²) in [5, 5.41) is 4.21. The third kappa shape index (κ3) is 9.73. The third-order valence-electron chi connectivity index (χ3n) is 8.74. The number of halogens is 2. The van der Waals surface area contributed by atoms with Gasteiger partial charge < -0.3 is 23.8 Å². The first-order valence-electron chi connectivity index (χ1n) is 16.3. The maximum absolute atomic E-state index is 13.6. The van der Waals surface area contributed by atoms with Gasteiger partial charge in [0.05, 0.1) is 20.8 Å². The zero-order valence-corrected chi connectivity index (χ0v) is 30.2. The molecule has 0 aliphatic carbocycles. The molecule has 3 heterocycles. The van der Waals surface area contributed by atoms with Gasteiger partial charge in [-0.2, -0.15) is 0 Å². The molecule has 0 spiro atoms. The lowest BCUT2D eigenvalue weighted by Gasteiger charge is -2.31. The van der Waals surface area contributed by atoms with Gasteiger partial charge in [0.15, 0.2) is 23.9 Å². The van der Waals surface area contributed by atoms with Crippen molar-refractivity contribution in [3.63, 3.8) is 0 Å². The van der Waals surface area contributed by atoms with Gasteiger partial charge in [0, 0.05) is 23.4 Å². The third-order valence-corrected chi connectivity index (χ3v) is 10.5. The van der Waals surface area contributed by atoms with E-state index in [2.05, 4.69) is 22.1 Å². The number of likely N-dealkylation sites (tertiary alicyclic amines) is 1. The van der Waals surface area contributed by atoms with Crippen LogP contribution in [0.1, 0.15) is 63.2 Å². The molecule has 2 aromatic carbocycles. The number of hydrogen-bond acceptors (Lipinski definition) is 9. The number of aromatic nitrogens is 1. The highest BCUT2D eigenvalue weighted by molar-refractivity contribution is 7.13. The molecular formula is C37H42Cl2N3O6S+. The zero-order valence-electron chi connectivity index (χ0n) is 27.9. The number of piperidine rings is 1. The molecule has 1 aliphatic rings. The van der Waals surface area contributed by atoms with Crippen LogP contribution in [0.15, 0.2) is 73.1 Å². The highest BCUT2D eigenvalue weighted by Gasteiger charge is 2.27. The fourth-order valence-electron chi connectivity index (χ4n) is 5.85. The Morgan fingerprint density at radius 1 is 0.959 bits per heavy atom. The fraction of sp³-hybridized carbons (Fsp3) is 0.378. The Kier molecular flexibility index (Phi) is 13.3. The number of carbonyl (C=O) groups is 2. The smallest absolute Gasteiger partial charge is 0.348 e. The second-order valence-corrected chi connectivity index (χ2v) is 13.8. The topological polar surface area (TPSA) is 100 Å². The second-order valence-electron chi connectivity index (χ2n) is 11.8. The summed E-state index contributed by atoms with van der Waals surface area (Å²) in [5.74, 6) is 0.599. The number of hydrogen-bond donors (Lipinski definition) is 1. The maximum Gasteiger partial charge on any atom is 0.348 e. The van der Waals surface area contributed by atoms with E-state index >= 15 is 0 Å². The van der Waals surface area contributed by atoms with Crippen molar-refractivity contribution >= 4 is 46.5 Å². The summed E-state index contributed by atoms with van der Waals surface area (Å²) in [5.41, 5.74) is 2.14. The summed E-state index contributed by atoms with van der Waals surface area (Å²) < 4.78 is 22.9. The number of methoxy groups -OCH3 is 2. The molecule has 260 valence electrons. The van der Waals surface area contributed by atoms with Crippen molar-refractivity contribution in [2.45, 2.75) is 44.9 Å². The molecule has 2 atom stereocenters. The van der Waals surface area contributed by atoms with E-state index < -0.39 is 18.1 Å². The van der Waals surface area contributed by atoms with Gasteiger partial charge in [-0.05, 0) is 73.8 Å². The van der Waals surface area contributed by atoms with Gasteiger partial charge in [0.2, 0.25) is 0 Å². The lowest BCUT2D eigenvalue weighted by Crippen LogP contribution is -2.36. The van der Waals surface area contributed by atoms with Crippen molar-refractivity contribution in [3.8, 4) is 11.5 Å². The molecule has 0 radical (unpaired) electrons. The van der Waals surface area contributed by atoms with Crippen LogP contribution in [-0.2, 0) is 27.2 Å². The highest BCUT2D eigenvalue weighted by atomic mass is 35.5. The van der Waals surface area contributed by atoms with Crippen LogP contribution in [0.5, 0.6) is 11.5 Å². The van der Waals surface area contributed by atoms with Gasteiger partial charge in [0.1, 0.15) is 27.1 Å². The lowest BCUT2D eigenvalue weighted by atomic mass is 9.98. The number of aromatic amines is 1.